The zero-order valence-electron chi connectivity index (χ0n) is 48.1. The SMILES string of the molecule is CC/C=C\C/C=C\C/C=C\C/C=C\CCCCC(=O)OCC(COC(=O)CCCCCCCCCC/C=C\C/C=C\C/C=C\CCCCCCC)OC(=O)CCCCCCCCCCCCCCCCCCC. The van der Waals surface area contributed by atoms with Crippen molar-refractivity contribution in [2.24, 2.45) is 0 Å². The zero-order chi connectivity index (χ0) is 52.9. The fourth-order valence-electron chi connectivity index (χ4n) is 8.74. The predicted octanol–water partition coefficient (Wildman–Crippen LogP) is 21.1. The summed E-state index contributed by atoms with van der Waals surface area (Å²) < 4.78 is 16.9. The highest BCUT2D eigenvalue weighted by Crippen LogP contribution is 2.16. The highest BCUT2D eigenvalue weighted by molar-refractivity contribution is 5.71. The summed E-state index contributed by atoms with van der Waals surface area (Å²) in [6.45, 7) is 6.50. The Labute approximate surface area is 452 Å². The lowest BCUT2D eigenvalue weighted by atomic mass is 10.0. The molecule has 0 aromatic carbocycles. The second-order valence-electron chi connectivity index (χ2n) is 20.6. The molecule has 0 bridgehead atoms. The Bertz CT molecular complexity index is 1400. The van der Waals surface area contributed by atoms with Crippen LogP contribution in [0.1, 0.15) is 303 Å². The van der Waals surface area contributed by atoms with E-state index in [0.29, 0.717) is 19.3 Å². The summed E-state index contributed by atoms with van der Waals surface area (Å²) in [6.07, 6.45) is 80.1. The van der Waals surface area contributed by atoms with Gasteiger partial charge in [0.15, 0.2) is 6.10 Å². The summed E-state index contributed by atoms with van der Waals surface area (Å²) in [5, 5.41) is 0. The smallest absolute Gasteiger partial charge is 0.306 e. The maximum atomic E-state index is 12.9. The average molecular weight is 1020 g/mol. The summed E-state index contributed by atoms with van der Waals surface area (Å²) in [7, 11) is 0. The molecule has 0 saturated heterocycles. The van der Waals surface area contributed by atoms with E-state index in [4.69, 9.17) is 14.2 Å². The van der Waals surface area contributed by atoms with E-state index >= 15 is 0 Å². The lowest BCUT2D eigenvalue weighted by Gasteiger charge is -2.18. The molecule has 0 heterocycles. The first-order valence-corrected chi connectivity index (χ1v) is 31.1. The molecular weight excluding hydrogens is 901 g/mol. The minimum atomic E-state index is -0.796. The molecule has 420 valence electrons. The number of allylic oxidation sites excluding steroid dienone is 14. The molecule has 0 saturated carbocycles. The molecule has 1 atom stereocenters. The van der Waals surface area contributed by atoms with E-state index in [-0.39, 0.29) is 31.1 Å². The molecule has 0 rings (SSSR count). The van der Waals surface area contributed by atoms with E-state index < -0.39 is 6.10 Å². The number of hydrogen-bond donors (Lipinski definition) is 0. The number of rotatable bonds is 56. The number of ether oxygens (including phenoxy) is 3. The molecule has 0 radical (unpaired) electrons. The van der Waals surface area contributed by atoms with E-state index in [1.165, 1.54) is 161 Å². The normalized spacial score (nSPS) is 12.6. The van der Waals surface area contributed by atoms with Crippen molar-refractivity contribution in [2.75, 3.05) is 13.2 Å². The van der Waals surface area contributed by atoms with E-state index in [1.807, 2.05) is 0 Å². The molecule has 6 nitrogen and oxygen atoms in total. The summed E-state index contributed by atoms with van der Waals surface area (Å²) in [5.74, 6) is -0.929. The summed E-state index contributed by atoms with van der Waals surface area (Å²) in [5.41, 5.74) is 0. The van der Waals surface area contributed by atoms with Crippen molar-refractivity contribution in [1.29, 1.82) is 0 Å². The molecule has 1 unspecified atom stereocenters. The van der Waals surface area contributed by atoms with Gasteiger partial charge in [0.25, 0.3) is 0 Å². The Morgan fingerprint density at radius 3 is 0.863 bits per heavy atom. The average Bonchev–Trinajstić information content (AvgIpc) is 3.39. The van der Waals surface area contributed by atoms with Gasteiger partial charge in [-0.15, -0.1) is 0 Å². The molecule has 0 fully saturated rings. The van der Waals surface area contributed by atoms with Crippen LogP contribution in [0.5, 0.6) is 0 Å². The number of carbonyl (C=O) groups is 3. The van der Waals surface area contributed by atoms with Crippen molar-refractivity contribution in [3.05, 3.63) is 85.1 Å². The van der Waals surface area contributed by atoms with Crippen LogP contribution in [0.25, 0.3) is 0 Å². The highest BCUT2D eigenvalue weighted by Gasteiger charge is 2.19. The Balaban J connectivity index is 4.39. The lowest BCUT2D eigenvalue weighted by Crippen LogP contribution is -2.30. The summed E-state index contributed by atoms with van der Waals surface area (Å²) >= 11 is 0. The number of esters is 3. The van der Waals surface area contributed by atoms with Gasteiger partial charge in [0.1, 0.15) is 13.2 Å². The van der Waals surface area contributed by atoms with Gasteiger partial charge in [0.05, 0.1) is 0 Å². The highest BCUT2D eigenvalue weighted by atomic mass is 16.6. The van der Waals surface area contributed by atoms with Crippen LogP contribution in [0.4, 0.5) is 0 Å². The first-order chi connectivity index (χ1) is 36.0. The zero-order valence-corrected chi connectivity index (χ0v) is 48.1. The molecule has 0 amide bonds. The third-order valence-corrected chi connectivity index (χ3v) is 13.4. The quantitative estimate of drug-likeness (QED) is 0.0261. The van der Waals surface area contributed by atoms with Crippen molar-refractivity contribution >= 4 is 17.9 Å². The van der Waals surface area contributed by atoms with Gasteiger partial charge in [-0.1, -0.05) is 273 Å². The van der Waals surface area contributed by atoms with Gasteiger partial charge in [-0.25, -0.2) is 0 Å². The van der Waals surface area contributed by atoms with E-state index in [2.05, 4.69) is 106 Å². The maximum Gasteiger partial charge on any atom is 0.306 e. The standard InChI is InChI=1S/C67H116O6/c1-4-7-10-13-16-19-22-25-28-30-31-32-33-34-35-37-39-42-45-48-51-54-57-60-66(69)72-63-64(62-71-65(68)59-56-53-50-47-44-41-38-27-24-21-18-15-12-9-6-3)73-67(70)61-58-55-52-49-46-43-40-36-29-26-23-20-17-14-11-8-5-2/h9,12,18,21-22,25,27,30-31,33-34,38,44,47,64H,4-8,10-11,13-17,19-20,23-24,26,28-29,32,35-37,39-43,45-46,48-63H2,1-3H3/b12-9-,21-18-,25-22-,31-30-,34-33-,38-27-,47-44-. The Kier molecular flexibility index (Phi) is 58.3. The van der Waals surface area contributed by atoms with Gasteiger partial charge in [-0.3, -0.25) is 14.4 Å². The monoisotopic (exact) mass is 1020 g/mol. The van der Waals surface area contributed by atoms with E-state index in [9.17, 15) is 14.4 Å². The van der Waals surface area contributed by atoms with Crippen LogP contribution >= 0.6 is 0 Å². The Morgan fingerprint density at radius 2 is 0.534 bits per heavy atom. The van der Waals surface area contributed by atoms with E-state index in [1.54, 1.807) is 0 Å². The van der Waals surface area contributed by atoms with Crippen LogP contribution in [-0.4, -0.2) is 37.2 Å². The predicted molar refractivity (Wildman–Crippen MR) is 316 cm³/mol. The number of hydrogen-bond acceptors (Lipinski definition) is 6. The van der Waals surface area contributed by atoms with Crippen LogP contribution < -0.4 is 0 Å². The van der Waals surface area contributed by atoms with Crippen molar-refractivity contribution in [1.82, 2.24) is 0 Å². The third kappa shape index (κ3) is 59.3. The summed E-state index contributed by atoms with van der Waals surface area (Å²) in [4.78, 5) is 38.3. The third-order valence-electron chi connectivity index (χ3n) is 13.4. The second kappa shape index (κ2) is 61.1. The lowest BCUT2D eigenvalue weighted by molar-refractivity contribution is -0.167. The molecule has 0 aliphatic heterocycles. The minimum Gasteiger partial charge on any atom is -0.462 e. The minimum absolute atomic E-state index is 0.0917. The van der Waals surface area contributed by atoms with Crippen molar-refractivity contribution in [3.63, 3.8) is 0 Å². The van der Waals surface area contributed by atoms with E-state index in [0.717, 1.165) is 103 Å². The van der Waals surface area contributed by atoms with Gasteiger partial charge in [0, 0.05) is 19.3 Å². The van der Waals surface area contributed by atoms with Gasteiger partial charge in [-0.2, -0.15) is 0 Å². The van der Waals surface area contributed by atoms with Crippen molar-refractivity contribution in [3.8, 4) is 0 Å². The van der Waals surface area contributed by atoms with Gasteiger partial charge in [-0.05, 0) is 96.3 Å². The van der Waals surface area contributed by atoms with Crippen LogP contribution in [0.2, 0.25) is 0 Å². The molecule has 0 aromatic rings. The van der Waals surface area contributed by atoms with Crippen LogP contribution in [0.3, 0.4) is 0 Å². The van der Waals surface area contributed by atoms with Crippen molar-refractivity contribution in [2.45, 2.75) is 309 Å². The first kappa shape index (κ1) is 69.6. The molecule has 0 aromatic heterocycles. The van der Waals surface area contributed by atoms with Gasteiger partial charge < -0.3 is 14.2 Å². The maximum absolute atomic E-state index is 12.9. The fourth-order valence-corrected chi connectivity index (χ4v) is 8.74. The topological polar surface area (TPSA) is 78.9 Å². The molecule has 0 aliphatic carbocycles. The van der Waals surface area contributed by atoms with Gasteiger partial charge >= 0.3 is 17.9 Å². The molecule has 0 aliphatic rings. The van der Waals surface area contributed by atoms with Crippen LogP contribution in [0.15, 0.2) is 85.1 Å². The molecular formula is C67H116O6. The summed E-state index contributed by atoms with van der Waals surface area (Å²) in [6, 6.07) is 0. The molecule has 73 heavy (non-hydrogen) atoms. The molecule has 0 spiro atoms. The van der Waals surface area contributed by atoms with Crippen molar-refractivity contribution < 1.29 is 28.6 Å². The fraction of sp³-hybridized carbons (Fsp3) is 0.746. The van der Waals surface area contributed by atoms with Crippen LogP contribution in [0, 0.1) is 0 Å². The molecule has 0 N–H and O–H groups in total. The molecule has 6 heteroatoms. The largest absolute Gasteiger partial charge is 0.462 e. The number of unbranched alkanes of at least 4 members (excludes halogenated alkanes) is 31. The first-order valence-electron chi connectivity index (χ1n) is 31.1. The second-order valence-corrected chi connectivity index (χ2v) is 20.6. The van der Waals surface area contributed by atoms with Crippen LogP contribution in [-0.2, 0) is 28.6 Å². The Hall–Kier alpha value is -3.41. The number of carbonyl (C=O) groups excluding carboxylic acids is 3. The Morgan fingerprint density at radius 1 is 0.288 bits per heavy atom. The van der Waals surface area contributed by atoms with Gasteiger partial charge in [0.2, 0.25) is 0 Å².